The van der Waals surface area contributed by atoms with E-state index >= 15 is 0 Å². The van der Waals surface area contributed by atoms with Crippen molar-refractivity contribution in [3.05, 3.63) is 63.3 Å². The highest BCUT2D eigenvalue weighted by molar-refractivity contribution is 8.26. The van der Waals surface area contributed by atoms with Gasteiger partial charge in [-0.05, 0) is 24.3 Å². The third-order valence-electron chi connectivity index (χ3n) is 3.36. The number of rotatable bonds is 3. The molecule has 1 aromatic heterocycles. The fraction of sp³-hybridized carbons (Fsp3) is 0.0667. The normalized spacial score (nSPS) is 16.4. The van der Waals surface area contributed by atoms with Crippen LogP contribution in [0.4, 0.5) is 5.69 Å². The first-order valence-electron chi connectivity index (χ1n) is 6.61. The molecule has 1 fully saturated rings. The molecule has 3 rings (SSSR count). The number of nitro benzene ring substituents is 1. The third kappa shape index (κ3) is 2.90. The average molecular weight is 345 g/mol. The van der Waals surface area contributed by atoms with E-state index in [0.717, 1.165) is 5.69 Å². The molecule has 0 aliphatic carbocycles. The van der Waals surface area contributed by atoms with Gasteiger partial charge in [-0.2, -0.15) is 0 Å². The molecule has 0 bridgehead atoms. The van der Waals surface area contributed by atoms with Crippen molar-refractivity contribution < 1.29 is 9.72 Å². The van der Waals surface area contributed by atoms with Crippen LogP contribution in [-0.2, 0) is 4.79 Å². The van der Waals surface area contributed by atoms with Crippen LogP contribution < -0.4 is 0 Å². The molecule has 1 aliphatic rings. The van der Waals surface area contributed by atoms with Crippen LogP contribution in [0.15, 0.2) is 47.5 Å². The van der Waals surface area contributed by atoms with Gasteiger partial charge in [0.05, 0.1) is 15.5 Å². The Bertz CT molecular complexity index is 857. The summed E-state index contributed by atoms with van der Waals surface area (Å²) < 4.78 is 2.30. The zero-order chi connectivity index (χ0) is 16.6. The molecule has 1 aromatic carbocycles. The van der Waals surface area contributed by atoms with Gasteiger partial charge in [-0.1, -0.05) is 30.0 Å². The maximum absolute atomic E-state index is 12.1. The molecule has 2 heterocycles. The molecule has 0 saturated carbocycles. The van der Waals surface area contributed by atoms with E-state index in [0.29, 0.717) is 14.9 Å². The van der Waals surface area contributed by atoms with E-state index < -0.39 is 4.92 Å². The van der Waals surface area contributed by atoms with Crippen molar-refractivity contribution in [3.8, 4) is 5.69 Å². The second-order valence-electron chi connectivity index (χ2n) is 4.82. The van der Waals surface area contributed by atoms with Crippen LogP contribution in [0.3, 0.4) is 0 Å². The summed E-state index contributed by atoms with van der Waals surface area (Å²) in [6, 6.07) is 9.98. The molecule has 6 nitrogen and oxygen atoms in total. The van der Waals surface area contributed by atoms with Crippen molar-refractivity contribution >= 4 is 46.0 Å². The number of nitrogens with zero attached hydrogens (tertiary/aromatic N) is 3. The van der Waals surface area contributed by atoms with E-state index in [1.807, 2.05) is 12.1 Å². The predicted molar refractivity (Wildman–Crippen MR) is 93.4 cm³/mol. The second-order valence-corrected chi connectivity index (χ2v) is 6.50. The molecular formula is C15H11N3O3S2. The molecule has 0 radical (unpaired) electrons. The van der Waals surface area contributed by atoms with Crippen LogP contribution in [0.5, 0.6) is 0 Å². The fourth-order valence-electron chi connectivity index (χ4n) is 2.18. The minimum Gasteiger partial charge on any atom is -0.317 e. The predicted octanol–water partition coefficient (Wildman–Crippen LogP) is 3.22. The van der Waals surface area contributed by atoms with E-state index in [4.69, 9.17) is 12.2 Å². The number of hydrogen-bond donors (Lipinski definition) is 0. The highest BCUT2D eigenvalue weighted by Gasteiger charge is 2.28. The zero-order valence-electron chi connectivity index (χ0n) is 12.0. The Morgan fingerprint density at radius 3 is 2.74 bits per heavy atom. The van der Waals surface area contributed by atoms with Gasteiger partial charge >= 0.3 is 0 Å². The highest BCUT2D eigenvalue weighted by atomic mass is 32.2. The minimum absolute atomic E-state index is 0.0158. The van der Waals surface area contributed by atoms with E-state index in [9.17, 15) is 14.9 Å². The van der Waals surface area contributed by atoms with Crippen molar-refractivity contribution in [3.63, 3.8) is 0 Å². The Morgan fingerprint density at radius 2 is 2.09 bits per heavy atom. The molecule has 23 heavy (non-hydrogen) atoms. The van der Waals surface area contributed by atoms with Crippen LogP contribution in [0, 0.1) is 10.1 Å². The van der Waals surface area contributed by atoms with Gasteiger partial charge in [-0.3, -0.25) is 19.8 Å². The number of amides is 1. The lowest BCUT2D eigenvalue weighted by atomic mass is 10.2. The number of non-ortho nitro benzene ring substituents is 1. The summed E-state index contributed by atoms with van der Waals surface area (Å²) in [6.45, 7) is 0. The van der Waals surface area contributed by atoms with Gasteiger partial charge in [0.1, 0.15) is 4.32 Å². The third-order valence-corrected chi connectivity index (χ3v) is 4.85. The van der Waals surface area contributed by atoms with Gasteiger partial charge < -0.3 is 4.57 Å². The molecule has 0 atom stereocenters. The second kappa shape index (κ2) is 5.98. The number of carbonyl (C=O) groups excluding carboxylic acids is 1. The quantitative estimate of drug-likeness (QED) is 0.370. The first kappa shape index (κ1) is 15.4. The Balaban J connectivity index is 2.01. The fourth-order valence-corrected chi connectivity index (χ4v) is 3.35. The zero-order valence-corrected chi connectivity index (χ0v) is 13.6. The van der Waals surface area contributed by atoms with E-state index in [1.54, 1.807) is 36.0 Å². The molecule has 1 saturated heterocycles. The lowest BCUT2D eigenvalue weighted by molar-refractivity contribution is -0.384. The summed E-state index contributed by atoms with van der Waals surface area (Å²) in [6.07, 6.45) is 3.53. The molecule has 2 aromatic rings. The van der Waals surface area contributed by atoms with Gasteiger partial charge in [0.2, 0.25) is 0 Å². The molecule has 1 amide bonds. The standard InChI is InChI=1S/C15H11N3O3S2/c1-16-14(19)13(23-15(16)22)9-11-6-3-7-17(11)10-4-2-5-12(8-10)18(20)21/h2-9H,1H3/b13-9+. The molecule has 1 aliphatic heterocycles. The van der Waals surface area contributed by atoms with Crippen LogP contribution in [-0.4, -0.2) is 31.7 Å². The lowest BCUT2D eigenvalue weighted by Gasteiger charge is -2.07. The van der Waals surface area contributed by atoms with Gasteiger partial charge in [-0.15, -0.1) is 0 Å². The Kier molecular flexibility index (Phi) is 4.01. The minimum atomic E-state index is -0.436. The van der Waals surface area contributed by atoms with Crippen molar-refractivity contribution in [1.29, 1.82) is 0 Å². The maximum Gasteiger partial charge on any atom is 0.271 e. The summed E-state index contributed by atoms with van der Waals surface area (Å²) in [5, 5.41) is 10.9. The molecular weight excluding hydrogens is 334 g/mol. The number of hydrogen-bond acceptors (Lipinski definition) is 5. The van der Waals surface area contributed by atoms with Crippen molar-refractivity contribution in [2.24, 2.45) is 0 Å². The van der Waals surface area contributed by atoms with Crippen molar-refractivity contribution in [1.82, 2.24) is 9.47 Å². The van der Waals surface area contributed by atoms with E-state index in [-0.39, 0.29) is 11.6 Å². The van der Waals surface area contributed by atoms with Crippen molar-refractivity contribution in [2.45, 2.75) is 0 Å². The number of aromatic nitrogens is 1. The maximum atomic E-state index is 12.1. The number of benzene rings is 1. The van der Waals surface area contributed by atoms with Gasteiger partial charge in [-0.25, -0.2) is 0 Å². The largest absolute Gasteiger partial charge is 0.317 e. The van der Waals surface area contributed by atoms with Gasteiger partial charge in [0.25, 0.3) is 11.6 Å². The van der Waals surface area contributed by atoms with Gasteiger partial charge in [0.15, 0.2) is 0 Å². The Labute approximate surface area is 141 Å². The summed E-state index contributed by atoms with van der Waals surface area (Å²) >= 11 is 6.35. The number of thiocarbonyl (C=S) groups is 1. The summed E-state index contributed by atoms with van der Waals surface area (Å²) in [7, 11) is 1.64. The monoisotopic (exact) mass is 345 g/mol. The van der Waals surface area contributed by atoms with Crippen LogP contribution >= 0.6 is 24.0 Å². The number of thioether (sulfide) groups is 1. The van der Waals surface area contributed by atoms with Crippen LogP contribution in [0.1, 0.15) is 5.69 Å². The van der Waals surface area contributed by atoms with Crippen molar-refractivity contribution in [2.75, 3.05) is 7.05 Å². The number of nitro groups is 1. The SMILES string of the molecule is CN1C(=O)/C(=C\c2cccn2-c2cccc([N+](=O)[O-])c2)SC1=S. The molecule has 8 heteroatoms. The number of carbonyl (C=O) groups is 1. The first-order valence-corrected chi connectivity index (χ1v) is 7.83. The topological polar surface area (TPSA) is 68.4 Å². The van der Waals surface area contributed by atoms with Crippen LogP contribution in [0.2, 0.25) is 0 Å². The Morgan fingerprint density at radius 1 is 1.30 bits per heavy atom. The molecule has 0 spiro atoms. The average Bonchev–Trinajstić information content (AvgIpc) is 3.09. The first-order chi connectivity index (χ1) is 11.0. The lowest BCUT2D eigenvalue weighted by Crippen LogP contribution is -2.22. The van der Waals surface area contributed by atoms with E-state index in [2.05, 4.69) is 0 Å². The Hall–Kier alpha value is -2.45. The van der Waals surface area contributed by atoms with Gasteiger partial charge in [0, 0.05) is 31.1 Å². The number of likely N-dealkylation sites (N-methyl/N-ethyl adjacent to an activating group) is 1. The summed E-state index contributed by atoms with van der Waals surface area (Å²) in [4.78, 5) is 24.5. The van der Waals surface area contributed by atoms with E-state index in [1.165, 1.54) is 28.8 Å². The summed E-state index contributed by atoms with van der Waals surface area (Å²) in [5.41, 5.74) is 1.42. The van der Waals surface area contributed by atoms with Crippen LogP contribution in [0.25, 0.3) is 11.8 Å². The molecule has 0 N–H and O–H groups in total. The molecule has 116 valence electrons. The summed E-state index contributed by atoms with van der Waals surface area (Å²) in [5.74, 6) is -0.146. The smallest absolute Gasteiger partial charge is 0.271 e. The highest BCUT2D eigenvalue weighted by Crippen LogP contribution is 2.32. The molecule has 0 unspecified atom stereocenters.